The number of rotatable bonds is 7. The average Bonchev–Trinajstić information content (AvgIpc) is 3.33. The third-order valence-corrected chi connectivity index (χ3v) is 5.26. The van der Waals surface area contributed by atoms with Gasteiger partial charge in [-0.05, 0) is 42.5 Å². The molecule has 5 N–H and O–H groups in total. The number of halogens is 2. The number of nitro groups is 1. The fourth-order valence-corrected chi connectivity index (χ4v) is 3.50. The van der Waals surface area contributed by atoms with Crippen LogP contribution >= 0.6 is 23.2 Å². The number of nitrogens with one attached hydrogen (secondary N) is 5. The van der Waals surface area contributed by atoms with Crippen LogP contribution in [0.25, 0.3) is 0 Å². The number of amidine groups is 1. The monoisotopic (exact) mass is 544 g/mol. The van der Waals surface area contributed by atoms with E-state index in [9.17, 15) is 19.7 Å². The van der Waals surface area contributed by atoms with Gasteiger partial charge in [0.15, 0.2) is 5.84 Å². The summed E-state index contributed by atoms with van der Waals surface area (Å²) in [6.45, 7) is -0.239. The Morgan fingerprint density at radius 3 is 2.51 bits per heavy atom. The summed E-state index contributed by atoms with van der Waals surface area (Å²) in [5.41, 5.74) is 10.8. The van der Waals surface area contributed by atoms with Gasteiger partial charge in [-0.3, -0.25) is 25.8 Å². The lowest BCUT2D eigenvalue weighted by molar-refractivity contribution is -0.384. The number of para-hydroxylation sites is 1. The number of hydrazone groups is 1. The van der Waals surface area contributed by atoms with Gasteiger partial charge in [0.1, 0.15) is 18.0 Å². The molecule has 1 aliphatic heterocycles. The van der Waals surface area contributed by atoms with Gasteiger partial charge in [0.05, 0.1) is 15.5 Å². The van der Waals surface area contributed by atoms with E-state index in [0.29, 0.717) is 38.6 Å². The molecule has 0 saturated heterocycles. The first kappa shape index (κ1) is 25.5. The van der Waals surface area contributed by atoms with E-state index < -0.39 is 16.9 Å². The van der Waals surface area contributed by atoms with Crippen LogP contribution in [-0.2, 0) is 4.79 Å². The first-order valence-electron chi connectivity index (χ1n) is 10.5. The van der Waals surface area contributed by atoms with Crippen LogP contribution in [0.3, 0.4) is 0 Å². The number of amides is 3. The molecule has 1 aliphatic rings. The van der Waals surface area contributed by atoms with Crippen LogP contribution in [0.4, 0.5) is 16.2 Å². The SMILES string of the molecule is O=C(CN1NN=C(c2ccccc2Oc2ccc(Cl)cc2Cl)N1)NNC(=O)Nc1ccc([N+](=O)[O-])cc1. The fraction of sp³-hybridized carbons (Fsp3) is 0.0455. The zero-order valence-electron chi connectivity index (χ0n) is 18.7. The molecule has 0 atom stereocenters. The van der Waals surface area contributed by atoms with E-state index >= 15 is 0 Å². The minimum absolute atomic E-state index is 0.116. The van der Waals surface area contributed by atoms with Crippen molar-refractivity contribution in [1.29, 1.82) is 0 Å². The highest BCUT2D eigenvalue weighted by Crippen LogP contribution is 2.33. The van der Waals surface area contributed by atoms with Gasteiger partial charge in [-0.25, -0.2) is 15.8 Å². The van der Waals surface area contributed by atoms with Crippen molar-refractivity contribution in [2.75, 3.05) is 11.9 Å². The first-order chi connectivity index (χ1) is 17.8. The van der Waals surface area contributed by atoms with E-state index in [-0.39, 0.29) is 12.2 Å². The molecule has 0 aromatic heterocycles. The fourth-order valence-electron chi connectivity index (χ4n) is 3.05. The number of hydrazine groups is 3. The molecule has 3 amide bonds. The van der Waals surface area contributed by atoms with Crippen LogP contribution in [0.2, 0.25) is 10.0 Å². The highest BCUT2D eigenvalue weighted by Gasteiger charge is 2.22. The van der Waals surface area contributed by atoms with Crippen molar-refractivity contribution in [2.45, 2.75) is 0 Å². The van der Waals surface area contributed by atoms with Crippen molar-refractivity contribution >= 4 is 52.4 Å². The maximum absolute atomic E-state index is 12.2. The van der Waals surface area contributed by atoms with Gasteiger partial charge in [-0.1, -0.05) is 35.3 Å². The molecule has 13 nitrogen and oxygen atoms in total. The van der Waals surface area contributed by atoms with Crippen LogP contribution in [0.5, 0.6) is 11.5 Å². The van der Waals surface area contributed by atoms with Crippen molar-refractivity contribution in [3.05, 3.63) is 92.5 Å². The Balaban J connectivity index is 1.27. The lowest BCUT2D eigenvalue weighted by atomic mass is 10.2. The Hall–Kier alpha value is -4.59. The van der Waals surface area contributed by atoms with E-state index in [1.54, 1.807) is 42.5 Å². The van der Waals surface area contributed by atoms with Gasteiger partial charge in [-0.15, -0.1) is 10.2 Å². The number of hydrogen-bond donors (Lipinski definition) is 5. The topological polar surface area (TPSA) is 162 Å². The summed E-state index contributed by atoms with van der Waals surface area (Å²) < 4.78 is 5.93. The quantitative estimate of drug-likeness (QED) is 0.223. The second kappa shape index (κ2) is 11.4. The maximum Gasteiger partial charge on any atom is 0.337 e. The van der Waals surface area contributed by atoms with E-state index in [0.717, 1.165) is 0 Å². The standard InChI is InChI=1S/C22H18Cl2N8O5/c23-13-5-10-19(17(24)11-13)37-18-4-2-1-3-16(18)21-27-30-31(29-21)12-20(33)26-28-22(34)25-14-6-8-15(9-7-14)32(35)36/h1-11,30H,12H2,(H,26,33)(H,27,29)(H2,25,28,34). The highest BCUT2D eigenvalue weighted by molar-refractivity contribution is 6.35. The number of carbonyl (C=O) groups is 2. The molecule has 37 heavy (non-hydrogen) atoms. The van der Waals surface area contributed by atoms with E-state index in [4.69, 9.17) is 27.9 Å². The molecule has 0 bridgehead atoms. The number of nitrogens with zero attached hydrogens (tertiary/aromatic N) is 3. The van der Waals surface area contributed by atoms with Gasteiger partial charge in [0, 0.05) is 22.8 Å². The van der Waals surface area contributed by atoms with Crippen LogP contribution in [-0.4, -0.2) is 34.4 Å². The lowest BCUT2D eigenvalue weighted by Gasteiger charge is -2.17. The Morgan fingerprint density at radius 2 is 1.78 bits per heavy atom. The minimum Gasteiger partial charge on any atom is -0.455 e. The van der Waals surface area contributed by atoms with Crippen molar-refractivity contribution in [3.63, 3.8) is 0 Å². The molecule has 4 rings (SSSR count). The Bertz CT molecular complexity index is 1370. The molecule has 3 aromatic carbocycles. The van der Waals surface area contributed by atoms with Gasteiger partial charge < -0.3 is 10.1 Å². The predicted octanol–water partition coefficient (Wildman–Crippen LogP) is 3.53. The van der Waals surface area contributed by atoms with E-state index in [1.807, 2.05) is 0 Å². The second-order valence-corrected chi connectivity index (χ2v) is 8.21. The summed E-state index contributed by atoms with van der Waals surface area (Å²) in [5, 5.41) is 19.4. The number of hydrogen-bond acceptors (Lipinski definition) is 9. The highest BCUT2D eigenvalue weighted by atomic mass is 35.5. The first-order valence-corrected chi connectivity index (χ1v) is 11.2. The van der Waals surface area contributed by atoms with Crippen LogP contribution in [0.15, 0.2) is 71.8 Å². The summed E-state index contributed by atoms with van der Waals surface area (Å²) in [4.78, 5) is 34.3. The molecule has 0 unspecified atom stereocenters. The molecule has 0 aliphatic carbocycles. The normalized spacial score (nSPS) is 12.5. The molecule has 3 aromatic rings. The van der Waals surface area contributed by atoms with Gasteiger partial charge in [0.2, 0.25) is 0 Å². The summed E-state index contributed by atoms with van der Waals surface area (Å²) in [5.74, 6) is 0.653. The van der Waals surface area contributed by atoms with E-state index in [2.05, 4.69) is 32.2 Å². The molecule has 15 heteroatoms. The Morgan fingerprint density at radius 1 is 1.03 bits per heavy atom. The Labute approximate surface area is 219 Å². The summed E-state index contributed by atoms with van der Waals surface area (Å²) in [7, 11) is 0. The third-order valence-electron chi connectivity index (χ3n) is 4.73. The second-order valence-electron chi connectivity index (χ2n) is 7.36. The average molecular weight is 545 g/mol. The van der Waals surface area contributed by atoms with Gasteiger partial charge >= 0.3 is 6.03 Å². The lowest BCUT2D eigenvalue weighted by Crippen LogP contribution is -2.52. The molecular formula is C22H18Cl2N8O5. The summed E-state index contributed by atoms with van der Waals surface area (Å²) in [6, 6.07) is 16.4. The predicted molar refractivity (Wildman–Crippen MR) is 136 cm³/mol. The van der Waals surface area contributed by atoms with Crippen molar-refractivity contribution in [2.24, 2.45) is 5.10 Å². The molecule has 0 saturated carbocycles. The zero-order valence-corrected chi connectivity index (χ0v) is 20.2. The number of urea groups is 1. The van der Waals surface area contributed by atoms with Crippen molar-refractivity contribution in [1.82, 2.24) is 26.9 Å². The van der Waals surface area contributed by atoms with Crippen LogP contribution in [0.1, 0.15) is 5.56 Å². The minimum atomic E-state index is -0.742. The third kappa shape index (κ3) is 6.76. The number of anilines is 1. The molecule has 190 valence electrons. The van der Waals surface area contributed by atoms with Gasteiger partial charge in [-0.2, -0.15) is 0 Å². The number of benzene rings is 3. The van der Waals surface area contributed by atoms with E-state index in [1.165, 1.54) is 29.4 Å². The largest absolute Gasteiger partial charge is 0.455 e. The molecule has 0 radical (unpaired) electrons. The van der Waals surface area contributed by atoms with Crippen molar-refractivity contribution < 1.29 is 19.2 Å². The molecular weight excluding hydrogens is 527 g/mol. The van der Waals surface area contributed by atoms with Crippen LogP contribution < -0.4 is 31.9 Å². The maximum atomic E-state index is 12.2. The summed E-state index contributed by atoms with van der Waals surface area (Å²) in [6.07, 6.45) is 0. The summed E-state index contributed by atoms with van der Waals surface area (Å²) >= 11 is 12.1. The zero-order chi connectivity index (χ0) is 26.4. The molecule has 1 heterocycles. The Kier molecular flexibility index (Phi) is 7.88. The van der Waals surface area contributed by atoms with Crippen LogP contribution in [0, 0.1) is 10.1 Å². The number of ether oxygens (including phenoxy) is 1. The number of nitro benzene ring substituents is 1. The number of non-ortho nitro benzene ring substituents is 1. The van der Waals surface area contributed by atoms with Crippen molar-refractivity contribution in [3.8, 4) is 11.5 Å². The molecule has 0 spiro atoms. The number of carbonyl (C=O) groups excluding carboxylic acids is 2. The smallest absolute Gasteiger partial charge is 0.337 e. The van der Waals surface area contributed by atoms with Gasteiger partial charge in [0.25, 0.3) is 11.6 Å². The molecule has 0 fully saturated rings.